The maximum atomic E-state index is 12.5. The molecule has 1 unspecified atom stereocenters. The number of pyridine rings is 1. The number of nitrogens with one attached hydrogen (secondary N) is 1. The van der Waals surface area contributed by atoms with Crippen LogP contribution in [0.5, 0.6) is 5.75 Å². The summed E-state index contributed by atoms with van der Waals surface area (Å²) in [6.07, 6.45) is 0.786. The summed E-state index contributed by atoms with van der Waals surface area (Å²) in [5.74, 6) is -0.310. The molecular weight excluding hydrogens is 392 g/mol. The number of aromatic hydroxyl groups is 1. The Morgan fingerprint density at radius 1 is 1.16 bits per heavy atom. The Hall–Kier alpha value is -3.32. The molecule has 1 amide bonds. The smallest absolute Gasteiger partial charge is 0.293 e. The maximum absolute atomic E-state index is 12.5. The van der Waals surface area contributed by atoms with Gasteiger partial charge >= 0.3 is 0 Å². The van der Waals surface area contributed by atoms with Gasteiger partial charge in [-0.25, -0.2) is 0 Å². The van der Waals surface area contributed by atoms with Gasteiger partial charge in [0.05, 0.1) is 18.1 Å². The third-order valence-electron chi connectivity index (χ3n) is 6.19. The van der Waals surface area contributed by atoms with Gasteiger partial charge in [0, 0.05) is 49.9 Å². The molecule has 1 aromatic heterocycles. The van der Waals surface area contributed by atoms with Gasteiger partial charge < -0.3 is 24.8 Å². The van der Waals surface area contributed by atoms with Crippen molar-refractivity contribution in [3.05, 3.63) is 70.0 Å². The molecule has 0 spiro atoms. The number of anilines is 1. The van der Waals surface area contributed by atoms with Crippen molar-refractivity contribution >= 4 is 23.0 Å². The van der Waals surface area contributed by atoms with Crippen LogP contribution in [-0.4, -0.2) is 47.2 Å². The molecule has 1 aliphatic rings. The molecule has 162 valence electrons. The Bertz CT molecular complexity index is 1150. The maximum Gasteiger partial charge on any atom is 0.293 e. The van der Waals surface area contributed by atoms with Crippen molar-refractivity contribution in [3.8, 4) is 5.75 Å². The molecule has 0 saturated carbocycles. The lowest BCUT2D eigenvalue weighted by molar-refractivity contribution is -0.120. The quantitative estimate of drug-likeness (QED) is 0.599. The number of rotatable bonds is 6. The normalized spacial score (nSPS) is 15.1. The summed E-state index contributed by atoms with van der Waals surface area (Å²) in [4.78, 5) is 28.5. The Morgan fingerprint density at radius 3 is 2.65 bits per heavy atom. The SMILES string of the molecule is CC(c1cccc(N2CCNCC2)c1)N(C=O)Cc1c(O)c(=O)n(C)c2ccccc12. The molecule has 0 aliphatic carbocycles. The van der Waals surface area contributed by atoms with E-state index in [2.05, 4.69) is 22.3 Å². The van der Waals surface area contributed by atoms with Crippen molar-refractivity contribution < 1.29 is 9.90 Å². The number of nitrogens with zero attached hydrogens (tertiary/aromatic N) is 3. The lowest BCUT2D eigenvalue weighted by Crippen LogP contribution is -2.43. The van der Waals surface area contributed by atoms with Crippen molar-refractivity contribution in [3.63, 3.8) is 0 Å². The Morgan fingerprint density at radius 2 is 1.90 bits per heavy atom. The minimum atomic E-state index is -0.465. The molecule has 1 fully saturated rings. The van der Waals surface area contributed by atoms with E-state index in [1.54, 1.807) is 11.9 Å². The fourth-order valence-electron chi connectivity index (χ4n) is 4.25. The first-order valence-electron chi connectivity index (χ1n) is 10.6. The number of hydrogen-bond acceptors (Lipinski definition) is 5. The van der Waals surface area contributed by atoms with E-state index in [4.69, 9.17) is 0 Å². The van der Waals surface area contributed by atoms with E-state index in [1.165, 1.54) is 4.57 Å². The Labute approximate surface area is 181 Å². The van der Waals surface area contributed by atoms with Gasteiger partial charge in [-0.2, -0.15) is 0 Å². The van der Waals surface area contributed by atoms with Crippen LogP contribution in [-0.2, 0) is 18.4 Å². The van der Waals surface area contributed by atoms with E-state index in [1.807, 2.05) is 43.3 Å². The second kappa shape index (κ2) is 8.81. The average molecular weight is 421 g/mol. The number of para-hydroxylation sites is 1. The lowest BCUT2D eigenvalue weighted by atomic mass is 10.0. The van der Waals surface area contributed by atoms with Gasteiger partial charge in [0.2, 0.25) is 6.41 Å². The van der Waals surface area contributed by atoms with Crippen molar-refractivity contribution in [2.75, 3.05) is 31.1 Å². The summed E-state index contributed by atoms with van der Waals surface area (Å²) in [6, 6.07) is 15.4. The van der Waals surface area contributed by atoms with Gasteiger partial charge in [-0.15, -0.1) is 0 Å². The number of amides is 1. The van der Waals surface area contributed by atoms with Crippen LogP contribution < -0.4 is 15.8 Å². The summed E-state index contributed by atoms with van der Waals surface area (Å²) in [6.45, 7) is 5.91. The second-order valence-electron chi connectivity index (χ2n) is 7.99. The van der Waals surface area contributed by atoms with Crippen LogP contribution in [0.1, 0.15) is 24.1 Å². The number of hydrogen-bond donors (Lipinski definition) is 2. The Kier molecular flexibility index (Phi) is 5.95. The fourth-order valence-corrected chi connectivity index (χ4v) is 4.25. The number of aryl methyl sites for hydroxylation is 1. The van der Waals surface area contributed by atoms with E-state index >= 15 is 0 Å². The summed E-state index contributed by atoms with van der Waals surface area (Å²) in [5, 5.41) is 14.7. The van der Waals surface area contributed by atoms with Crippen LogP contribution in [0.2, 0.25) is 0 Å². The number of aromatic nitrogens is 1. The van der Waals surface area contributed by atoms with Crippen LogP contribution in [0.3, 0.4) is 0 Å². The fraction of sp³-hybridized carbons (Fsp3) is 0.333. The van der Waals surface area contributed by atoms with Crippen LogP contribution in [0.15, 0.2) is 53.3 Å². The minimum Gasteiger partial charge on any atom is -0.503 e. The van der Waals surface area contributed by atoms with Crippen LogP contribution >= 0.6 is 0 Å². The highest BCUT2D eigenvalue weighted by molar-refractivity contribution is 5.84. The van der Waals surface area contributed by atoms with E-state index in [9.17, 15) is 14.7 Å². The molecule has 1 aliphatic heterocycles. The van der Waals surface area contributed by atoms with Crippen LogP contribution in [0.4, 0.5) is 5.69 Å². The third kappa shape index (κ3) is 4.01. The van der Waals surface area contributed by atoms with E-state index in [0.29, 0.717) is 5.56 Å². The molecule has 0 bridgehead atoms. The monoisotopic (exact) mass is 420 g/mol. The highest BCUT2D eigenvalue weighted by Crippen LogP contribution is 2.29. The van der Waals surface area contributed by atoms with Crippen molar-refractivity contribution in [1.82, 2.24) is 14.8 Å². The molecular formula is C24H28N4O3. The zero-order chi connectivity index (χ0) is 22.0. The molecule has 7 heteroatoms. The molecule has 2 N–H and O–H groups in total. The van der Waals surface area contributed by atoms with Crippen molar-refractivity contribution in [1.29, 1.82) is 0 Å². The number of carbonyl (C=O) groups is 1. The molecule has 2 aromatic carbocycles. The van der Waals surface area contributed by atoms with Crippen molar-refractivity contribution in [2.24, 2.45) is 7.05 Å². The van der Waals surface area contributed by atoms with E-state index in [0.717, 1.165) is 54.7 Å². The highest BCUT2D eigenvalue weighted by Gasteiger charge is 2.21. The molecule has 1 atom stereocenters. The first kappa shape index (κ1) is 20.9. The van der Waals surface area contributed by atoms with Gasteiger partial charge in [0.25, 0.3) is 5.56 Å². The van der Waals surface area contributed by atoms with Gasteiger partial charge in [-0.05, 0) is 30.7 Å². The lowest BCUT2D eigenvalue weighted by Gasteiger charge is -2.31. The zero-order valence-corrected chi connectivity index (χ0v) is 17.9. The molecule has 1 saturated heterocycles. The number of carbonyl (C=O) groups excluding carboxylic acids is 1. The average Bonchev–Trinajstić information content (AvgIpc) is 2.83. The van der Waals surface area contributed by atoms with Crippen molar-refractivity contribution in [2.45, 2.75) is 19.5 Å². The minimum absolute atomic E-state index is 0.144. The molecule has 0 radical (unpaired) electrons. The van der Waals surface area contributed by atoms with Gasteiger partial charge in [0.1, 0.15) is 0 Å². The third-order valence-corrected chi connectivity index (χ3v) is 6.19. The standard InChI is InChI=1S/C24H28N4O3/c1-17(18-6-5-7-19(14-18)27-12-10-25-11-13-27)28(16-29)15-21-20-8-3-4-9-22(20)26(2)24(31)23(21)30/h3-9,14,16-17,25,30H,10-13,15H2,1-2H3. The topological polar surface area (TPSA) is 77.8 Å². The second-order valence-corrected chi connectivity index (χ2v) is 7.99. The number of fused-ring (bicyclic) bond motifs is 1. The first-order valence-corrected chi connectivity index (χ1v) is 10.6. The van der Waals surface area contributed by atoms with Gasteiger partial charge in [-0.3, -0.25) is 9.59 Å². The van der Waals surface area contributed by atoms with Crippen LogP contribution in [0, 0.1) is 0 Å². The number of benzene rings is 2. The number of piperazine rings is 1. The van der Waals surface area contributed by atoms with Gasteiger partial charge in [-0.1, -0.05) is 30.3 Å². The zero-order valence-electron chi connectivity index (χ0n) is 17.9. The predicted molar refractivity (Wildman–Crippen MR) is 122 cm³/mol. The molecule has 3 aromatic rings. The van der Waals surface area contributed by atoms with Gasteiger partial charge in [0.15, 0.2) is 5.75 Å². The molecule has 31 heavy (non-hydrogen) atoms. The predicted octanol–water partition coefficient (Wildman–Crippen LogP) is 2.37. The molecule has 4 rings (SSSR count). The van der Waals surface area contributed by atoms with Crippen LogP contribution in [0.25, 0.3) is 10.9 Å². The summed E-state index contributed by atoms with van der Waals surface area (Å²) in [7, 11) is 1.63. The molecule has 7 nitrogen and oxygen atoms in total. The largest absolute Gasteiger partial charge is 0.503 e. The summed E-state index contributed by atoms with van der Waals surface area (Å²) < 4.78 is 1.43. The highest BCUT2D eigenvalue weighted by atomic mass is 16.3. The van der Waals surface area contributed by atoms with E-state index in [-0.39, 0.29) is 18.3 Å². The summed E-state index contributed by atoms with van der Waals surface area (Å²) >= 11 is 0. The van der Waals surface area contributed by atoms with E-state index < -0.39 is 5.56 Å². The Balaban J connectivity index is 1.66. The summed E-state index contributed by atoms with van der Waals surface area (Å²) in [5.41, 5.74) is 2.87. The molecule has 2 heterocycles. The first-order chi connectivity index (χ1) is 15.0.